The molecule has 2 aromatic carbocycles. The number of rotatable bonds is 4. The van der Waals surface area contributed by atoms with Gasteiger partial charge in [0, 0.05) is 12.2 Å². The number of thiazole rings is 1. The molecule has 0 aliphatic rings. The summed E-state index contributed by atoms with van der Waals surface area (Å²) in [5.74, 6) is 0.575. The molecule has 0 spiro atoms. The molecule has 0 aliphatic heterocycles. The summed E-state index contributed by atoms with van der Waals surface area (Å²) in [6.45, 7) is 0.638. The zero-order chi connectivity index (χ0) is 14.8. The number of halogens is 1. The van der Waals surface area contributed by atoms with Crippen LogP contribution in [0.2, 0.25) is 0 Å². The number of aromatic nitrogens is 1. The molecule has 6 heteroatoms. The molecule has 21 heavy (non-hydrogen) atoms. The van der Waals surface area contributed by atoms with E-state index in [-0.39, 0.29) is 5.75 Å². The van der Waals surface area contributed by atoms with Crippen molar-refractivity contribution in [3.05, 3.63) is 45.9 Å². The Morgan fingerprint density at radius 1 is 1.33 bits per heavy atom. The van der Waals surface area contributed by atoms with Crippen molar-refractivity contribution < 1.29 is 9.84 Å². The molecular weight excluding hydrogens is 352 g/mol. The van der Waals surface area contributed by atoms with Crippen LogP contribution < -0.4 is 10.1 Å². The zero-order valence-electron chi connectivity index (χ0n) is 11.3. The zero-order valence-corrected chi connectivity index (χ0v) is 13.7. The van der Waals surface area contributed by atoms with Gasteiger partial charge in [-0.2, -0.15) is 0 Å². The van der Waals surface area contributed by atoms with Crippen molar-refractivity contribution in [2.75, 3.05) is 12.4 Å². The standard InChI is InChI=1S/C15H13BrN2O2S/c1-20-13-5-9(4-11(16)15(13)19)7-17-10-2-3-12-14(6-10)21-8-18-12/h2-6,8,17,19H,7H2,1H3. The van der Waals surface area contributed by atoms with Gasteiger partial charge in [0.05, 0.1) is 27.3 Å². The van der Waals surface area contributed by atoms with E-state index in [4.69, 9.17) is 4.74 Å². The van der Waals surface area contributed by atoms with Gasteiger partial charge in [0.15, 0.2) is 11.5 Å². The SMILES string of the molecule is COc1cc(CNc2ccc3ncsc3c2)cc(Br)c1O. The number of benzene rings is 2. The van der Waals surface area contributed by atoms with E-state index in [1.165, 1.54) is 7.11 Å². The summed E-state index contributed by atoms with van der Waals surface area (Å²) in [5.41, 5.74) is 4.91. The minimum Gasteiger partial charge on any atom is -0.503 e. The summed E-state index contributed by atoms with van der Waals surface area (Å²) < 4.78 is 6.93. The number of phenolic OH excluding ortho intramolecular Hbond substituents is 1. The Morgan fingerprint density at radius 2 is 2.19 bits per heavy atom. The summed E-state index contributed by atoms with van der Waals surface area (Å²) in [5, 5.41) is 13.2. The Balaban J connectivity index is 1.79. The highest BCUT2D eigenvalue weighted by molar-refractivity contribution is 9.10. The molecule has 1 aromatic heterocycles. The normalized spacial score (nSPS) is 10.8. The van der Waals surface area contributed by atoms with Crippen LogP contribution in [-0.4, -0.2) is 17.2 Å². The monoisotopic (exact) mass is 364 g/mol. The predicted molar refractivity (Wildman–Crippen MR) is 89.3 cm³/mol. The Morgan fingerprint density at radius 3 is 3.00 bits per heavy atom. The number of ether oxygens (including phenoxy) is 1. The van der Waals surface area contributed by atoms with Gasteiger partial charge in [-0.25, -0.2) is 4.98 Å². The molecule has 1 heterocycles. The molecule has 0 aliphatic carbocycles. The molecule has 3 aromatic rings. The molecule has 0 unspecified atom stereocenters. The quantitative estimate of drug-likeness (QED) is 0.720. The largest absolute Gasteiger partial charge is 0.503 e. The number of hydrogen-bond donors (Lipinski definition) is 2. The molecule has 0 bridgehead atoms. The second-order valence-electron chi connectivity index (χ2n) is 4.52. The first-order chi connectivity index (χ1) is 10.2. The molecule has 4 nitrogen and oxygen atoms in total. The van der Waals surface area contributed by atoms with Crippen LogP contribution in [0.25, 0.3) is 10.2 Å². The number of hydrogen-bond acceptors (Lipinski definition) is 5. The van der Waals surface area contributed by atoms with E-state index < -0.39 is 0 Å². The minimum atomic E-state index is 0.118. The van der Waals surface area contributed by atoms with Crippen molar-refractivity contribution in [2.45, 2.75) is 6.54 Å². The van der Waals surface area contributed by atoms with Gasteiger partial charge in [-0.3, -0.25) is 0 Å². The smallest absolute Gasteiger partial charge is 0.172 e. The second kappa shape index (κ2) is 5.91. The number of aromatic hydroxyl groups is 1. The third-order valence-corrected chi connectivity index (χ3v) is 4.53. The first kappa shape index (κ1) is 14.2. The fourth-order valence-electron chi connectivity index (χ4n) is 2.05. The van der Waals surface area contributed by atoms with Crippen LogP contribution in [0.15, 0.2) is 40.3 Å². The number of phenols is 1. The van der Waals surface area contributed by atoms with Crippen LogP contribution in [0.5, 0.6) is 11.5 Å². The number of anilines is 1. The average Bonchev–Trinajstić information content (AvgIpc) is 2.95. The van der Waals surface area contributed by atoms with Gasteiger partial charge in [0.2, 0.25) is 0 Å². The van der Waals surface area contributed by atoms with Crippen molar-refractivity contribution in [1.82, 2.24) is 4.98 Å². The molecule has 108 valence electrons. The summed E-state index contributed by atoms with van der Waals surface area (Å²) in [7, 11) is 1.54. The van der Waals surface area contributed by atoms with Gasteiger partial charge in [-0.15, -0.1) is 11.3 Å². The Labute approximate surface area is 134 Å². The second-order valence-corrected chi connectivity index (χ2v) is 6.26. The van der Waals surface area contributed by atoms with Gasteiger partial charge in [-0.05, 0) is 51.8 Å². The van der Waals surface area contributed by atoms with Gasteiger partial charge >= 0.3 is 0 Å². The van der Waals surface area contributed by atoms with E-state index in [0.29, 0.717) is 16.8 Å². The lowest BCUT2D eigenvalue weighted by molar-refractivity contribution is 0.371. The Bertz CT molecular complexity index is 788. The summed E-state index contributed by atoms with van der Waals surface area (Å²) in [4.78, 5) is 4.26. The number of nitrogens with one attached hydrogen (secondary N) is 1. The lowest BCUT2D eigenvalue weighted by Gasteiger charge is -2.10. The van der Waals surface area contributed by atoms with E-state index in [2.05, 4.69) is 32.3 Å². The molecule has 0 saturated carbocycles. The van der Waals surface area contributed by atoms with Crippen LogP contribution in [-0.2, 0) is 6.54 Å². The third-order valence-electron chi connectivity index (χ3n) is 3.14. The maximum absolute atomic E-state index is 9.80. The van der Waals surface area contributed by atoms with Crippen LogP contribution in [0, 0.1) is 0 Å². The first-order valence-electron chi connectivity index (χ1n) is 6.30. The predicted octanol–water partition coefficient (Wildman–Crippen LogP) is 4.39. The molecule has 3 rings (SSSR count). The van der Waals surface area contributed by atoms with Gasteiger partial charge in [-0.1, -0.05) is 0 Å². The molecule has 0 saturated heterocycles. The average molecular weight is 365 g/mol. The number of methoxy groups -OCH3 is 1. The van der Waals surface area contributed by atoms with E-state index in [0.717, 1.165) is 21.5 Å². The van der Waals surface area contributed by atoms with Gasteiger partial charge in [0.1, 0.15) is 0 Å². The van der Waals surface area contributed by atoms with Crippen molar-refractivity contribution in [3.63, 3.8) is 0 Å². The summed E-state index contributed by atoms with van der Waals surface area (Å²) in [6.07, 6.45) is 0. The van der Waals surface area contributed by atoms with Gasteiger partial charge < -0.3 is 15.2 Å². The van der Waals surface area contributed by atoms with E-state index in [1.54, 1.807) is 11.3 Å². The maximum atomic E-state index is 9.80. The molecular formula is C15H13BrN2O2S. The highest BCUT2D eigenvalue weighted by Gasteiger charge is 2.08. The van der Waals surface area contributed by atoms with Crippen LogP contribution in [0.4, 0.5) is 5.69 Å². The van der Waals surface area contributed by atoms with Crippen molar-refractivity contribution >= 4 is 43.2 Å². The highest BCUT2D eigenvalue weighted by Crippen LogP contribution is 2.35. The van der Waals surface area contributed by atoms with Crippen LogP contribution in [0.1, 0.15) is 5.56 Å². The lowest BCUT2D eigenvalue weighted by atomic mass is 10.2. The van der Waals surface area contributed by atoms with Crippen molar-refractivity contribution in [1.29, 1.82) is 0 Å². The molecule has 0 amide bonds. The molecule has 2 N–H and O–H groups in total. The summed E-state index contributed by atoms with van der Waals surface area (Å²) in [6, 6.07) is 9.78. The maximum Gasteiger partial charge on any atom is 0.172 e. The number of fused-ring (bicyclic) bond motifs is 1. The fraction of sp³-hybridized carbons (Fsp3) is 0.133. The lowest BCUT2D eigenvalue weighted by Crippen LogP contribution is -2.00. The first-order valence-corrected chi connectivity index (χ1v) is 7.97. The number of nitrogens with zero attached hydrogens (tertiary/aromatic N) is 1. The van der Waals surface area contributed by atoms with Crippen LogP contribution in [0.3, 0.4) is 0 Å². The summed E-state index contributed by atoms with van der Waals surface area (Å²) >= 11 is 4.95. The molecule has 0 fully saturated rings. The van der Waals surface area contributed by atoms with Crippen LogP contribution >= 0.6 is 27.3 Å². The molecule has 0 atom stereocenters. The van der Waals surface area contributed by atoms with E-state index in [1.807, 2.05) is 29.8 Å². The highest BCUT2D eigenvalue weighted by atomic mass is 79.9. The van der Waals surface area contributed by atoms with Crippen molar-refractivity contribution in [3.8, 4) is 11.5 Å². The Kier molecular flexibility index (Phi) is 3.98. The topological polar surface area (TPSA) is 54.4 Å². The molecule has 0 radical (unpaired) electrons. The third kappa shape index (κ3) is 2.96. The fourth-order valence-corrected chi connectivity index (χ4v) is 3.26. The minimum absolute atomic E-state index is 0.118. The van der Waals surface area contributed by atoms with Gasteiger partial charge in [0.25, 0.3) is 0 Å². The van der Waals surface area contributed by atoms with Crippen molar-refractivity contribution in [2.24, 2.45) is 0 Å². The van der Waals surface area contributed by atoms with E-state index in [9.17, 15) is 5.11 Å². The van der Waals surface area contributed by atoms with E-state index >= 15 is 0 Å². The Hall–Kier alpha value is -1.79.